The van der Waals surface area contributed by atoms with Gasteiger partial charge in [-0.15, -0.1) is 0 Å². The number of aryl methyl sites for hydroxylation is 4. The molecule has 6 aliphatic rings. The predicted molar refractivity (Wildman–Crippen MR) is 464 cm³/mol. The zero-order chi connectivity index (χ0) is 81.8. The van der Waals surface area contributed by atoms with E-state index in [1.807, 2.05) is 60.9 Å². The number of nitrogens with one attached hydrogen (secondary N) is 4. The van der Waals surface area contributed by atoms with Crippen LogP contribution < -0.4 is 51.3 Å². The van der Waals surface area contributed by atoms with Crippen LogP contribution in [0.25, 0.3) is 43.8 Å². The molecule has 0 bridgehead atoms. The fourth-order valence-electron chi connectivity index (χ4n) is 16.8. The minimum Gasteiger partial charge on any atom is -0.496 e. The Hall–Kier alpha value is -10.7. The van der Waals surface area contributed by atoms with Crippen LogP contribution in [0.1, 0.15) is 192 Å². The first-order valence-corrected chi connectivity index (χ1v) is 40.3. The third-order valence-corrected chi connectivity index (χ3v) is 23.3. The molecule has 0 saturated carbocycles. The molecule has 4 atom stereocenters. The lowest BCUT2D eigenvalue weighted by molar-refractivity contribution is -0.137. The third-order valence-electron chi connectivity index (χ3n) is 23.3. The lowest BCUT2D eigenvalue weighted by atomic mass is 9.96. The zero-order valence-corrected chi connectivity index (χ0v) is 71.1. The number of nitrogens with zero attached hydrogens (tertiary/aromatic N) is 8. The number of rotatable bonds is 34. The van der Waals surface area contributed by atoms with Gasteiger partial charge in [0.1, 0.15) is 35.1 Å². The number of pyridine rings is 4. The number of methoxy groups -OCH3 is 4. The molecule has 4 N–H and O–H groups in total. The number of imide groups is 4. The van der Waals surface area contributed by atoms with E-state index in [4.69, 9.17) is 18.9 Å². The third kappa shape index (κ3) is 19.8. The van der Waals surface area contributed by atoms with Crippen LogP contribution in [0.2, 0.25) is 0 Å². The highest BCUT2D eigenvalue weighted by molar-refractivity contribution is 7.59. The number of carbonyl (C=O) groups is 10. The maximum Gasteiger partial charge on any atom is 0.262 e. The highest BCUT2D eigenvalue weighted by Gasteiger charge is 2.48. The van der Waals surface area contributed by atoms with Crippen molar-refractivity contribution in [2.24, 2.45) is 14.1 Å². The van der Waals surface area contributed by atoms with Gasteiger partial charge in [-0.3, -0.25) is 97.7 Å². The molecule has 4 fully saturated rings. The SMILES string of the molecule is COc1cc(-c2cn(C)c(=O)c3cnccc23)cc(OC)c1CN1CC[C@H]1C(=O)NCCCCCCCCCc1cccc2c1C(=O)N(C1CCC(=O)NC1=O)C2=O.COc1cc(-c2cn(C)c(=O)c3cnccc23)cc(OC)c1CN1CC[C@H]1C(=O)NCCCCCCCCCc1cccc2c1C(=O)N([C@H]1CCC(=O)NC1=O)C2=O.S.S.S. The molecule has 10 heterocycles. The van der Waals surface area contributed by atoms with E-state index < -0.39 is 59.3 Å². The molecule has 4 aromatic heterocycles. The van der Waals surface area contributed by atoms with E-state index in [0.29, 0.717) is 95.0 Å². The summed E-state index contributed by atoms with van der Waals surface area (Å²) in [5, 5.41) is 13.4. The lowest BCUT2D eigenvalue weighted by Gasteiger charge is -2.40. The van der Waals surface area contributed by atoms with Crippen LogP contribution in [0.4, 0.5) is 0 Å². The van der Waals surface area contributed by atoms with E-state index in [1.54, 1.807) is 101 Å². The van der Waals surface area contributed by atoms with Crippen molar-refractivity contribution in [2.45, 2.75) is 179 Å². The molecule has 1 unspecified atom stereocenters. The number of fused-ring (bicyclic) bond motifs is 4. The van der Waals surface area contributed by atoms with E-state index >= 15 is 0 Å². The smallest absolute Gasteiger partial charge is 0.262 e. The highest BCUT2D eigenvalue weighted by atomic mass is 32.1. The maximum atomic E-state index is 13.3. The molecule has 119 heavy (non-hydrogen) atoms. The maximum absolute atomic E-state index is 13.3. The first kappa shape index (κ1) is 90.6. The number of hydrogen-bond donors (Lipinski definition) is 4. The van der Waals surface area contributed by atoms with Crippen molar-refractivity contribution in [3.05, 3.63) is 175 Å². The van der Waals surface area contributed by atoms with E-state index in [-0.39, 0.29) is 101 Å². The Labute approximate surface area is 711 Å². The van der Waals surface area contributed by atoms with Gasteiger partial charge in [-0.1, -0.05) is 88.5 Å². The summed E-state index contributed by atoms with van der Waals surface area (Å²) in [6.45, 7) is 3.79. The molecule has 10 amide bonds. The number of carbonyl (C=O) groups excluding carboxylic acids is 10. The summed E-state index contributed by atoms with van der Waals surface area (Å²) in [6, 6.07) is 19.6. The second kappa shape index (κ2) is 41.3. The van der Waals surface area contributed by atoms with E-state index in [1.165, 1.54) is 0 Å². The molecule has 0 radical (unpaired) electrons. The highest BCUT2D eigenvalue weighted by Crippen LogP contribution is 2.42. The van der Waals surface area contributed by atoms with Gasteiger partial charge >= 0.3 is 0 Å². The van der Waals surface area contributed by atoms with Gasteiger partial charge in [-0.2, -0.15) is 40.5 Å². The molecule has 14 rings (SSSR count). The summed E-state index contributed by atoms with van der Waals surface area (Å²) in [6.07, 6.45) is 27.3. The predicted octanol–water partition coefficient (Wildman–Crippen LogP) is 9.70. The molecular weight excluding hydrogens is 1580 g/mol. The Morgan fingerprint density at radius 1 is 0.437 bits per heavy atom. The molecule has 4 saturated heterocycles. The molecule has 0 spiro atoms. The Kier molecular flexibility index (Phi) is 31.4. The van der Waals surface area contributed by atoms with Gasteiger partial charge in [0.2, 0.25) is 35.4 Å². The summed E-state index contributed by atoms with van der Waals surface area (Å²) in [5.74, 6) is -1.24. The summed E-state index contributed by atoms with van der Waals surface area (Å²) < 4.78 is 26.5. The Balaban J connectivity index is 0.000000244. The van der Waals surface area contributed by atoms with E-state index in [9.17, 15) is 57.5 Å². The largest absolute Gasteiger partial charge is 0.496 e. The van der Waals surface area contributed by atoms with Crippen molar-refractivity contribution in [3.63, 3.8) is 0 Å². The number of amides is 10. The second-order valence-corrected chi connectivity index (χ2v) is 30.6. The van der Waals surface area contributed by atoms with Crippen LogP contribution >= 0.6 is 40.5 Å². The Morgan fingerprint density at radius 3 is 1.13 bits per heavy atom. The summed E-state index contributed by atoms with van der Waals surface area (Å²) in [4.78, 5) is 167. The van der Waals surface area contributed by atoms with Gasteiger partial charge in [0.15, 0.2) is 0 Å². The normalized spacial score (nSPS) is 17.5. The number of aromatic nitrogens is 4. The van der Waals surface area contributed by atoms with Crippen LogP contribution in [0, 0.1) is 0 Å². The van der Waals surface area contributed by atoms with Crippen LogP contribution in [0.15, 0.2) is 120 Å². The average molecular weight is 1680 g/mol. The summed E-state index contributed by atoms with van der Waals surface area (Å²) >= 11 is 0. The second-order valence-electron chi connectivity index (χ2n) is 30.6. The van der Waals surface area contributed by atoms with Crippen molar-refractivity contribution < 1.29 is 66.9 Å². The van der Waals surface area contributed by atoms with E-state index in [2.05, 4.69) is 41.0 Å². The molecule has 4 aromatic carbocycles. The minimum absolute atomic E-state index is 0. The van der Waals surface area contributed by atoms with Gasteiger partial charge in [-0.05, 0) is 146 Å². The quantitative estimate of drug-likeness (QED) is 0.0215. The van der Waals surface area contributed by atoms with Crippen molar-refractivity contribution >= 4 is 121 Å². The van der Waals surface area contributed by atoms with Crippen molar-refractivity contribution in [2.75, 3.05) is 54.6 Å². The number of unbranched alkanes of at least 4 members (excludes halogenated alkanes) is 12. The first-order chi connectivity index (χ1) is 56.2. The number of ether oxygens (including phenoxy) is 4. The van der Waals surface area contributed by atoms with Crippen molar-refractivity contribution in [1.82, 2.24) is 60.0 Å². The van der Waals surface area contributed by atoms with Gasteiger partial charge < -0.3 is 38.7 Å². The van der Waals surface area contributed by atoms with Gasteiger partial charge in [0, 0.05) is 115 Å². The number of piperidine rings is 2. The average Bonchev–Trinajstić information content (AvgIpc) is 1.71. The van der Waals surface area contributed by atoms with E-state index in [0.717, 1.165) is 181 Å². The molecule has 0 aliphatic carbocycles. The van der Waals surface area contributed by atoms with Gasteiger partial charge in [0.25, 0.3) is 34.7 Å². The zero-order valence-electron chi connectivity index (χ0n) is 68.1. The number of benzene rings is 4. The Bertz CT molecular complexity index is 4930. The molecule has 8 aromatic rings. The Morgan fingerprint density at radius 2 is 0.790 bits per heavy atom. The van der Waals surface area contributed by atoms with Crippen molar-refractivity contribution in [3.8, 4) is 45.3 Å². The van der Waals surface area contributed by atoms with Gasteiger partial charge in [0.05, 0.1) is 84.7 Å². The monoisotopic (exact) mass is 1680 g/mol. The van der Waals surface area contributed by atoms with Crippen LogP contribution in [-0.4, -0.2) is 177 Å². The molecular formula is C88H106N12O16S3. The fourth-order valence-corrected chi connectivity index (χ4v) is 16.8. The first-order valence-electron chi connectivity index (χ1n) is 40.3. The van der Waals surface area contributed by atoms with Crippen molar-refractivity contribution in [1.29, 1.82) is 0 Å². The molecule has 28 nitrogen and oxygen atoms in total. The molecule has 6 aliphatic heterocycles. The van der Waals surface area contributed by atoms with Crippen LogP contribution in [-0.2, 0) is 68.8 Å². The topological polar surface area (TPSA) is 338 Å². The van der Waals surface area contributed by atoms with Gasteiger partial charge in [-0.25, -0.2) is 0 Å². The number of likely N-dealkylation sites (tertiary alicyclic amines) is 2. The van der Waals surface area contributed by atoms with Crippen LogP contribution in [0.5, 0.6) is 23.0 Å². The standard InChI is InChI=1S/2C44H50N6O8.3H2S/c2*1-48-25-32(29-17-20-45-24-31(29)42(48)54)28-22-36(57-2)33(37(23-28)58-3)26-49-21-18-34(49)40(52)46-19-10-8-6-4-5-7-9-12-27-13-11-14-30-39(27)44(56)50(43(30)55)35-15-16-38(51)47-41(35)53;;;/h2*11,13-14,17,20,22-25,34-35H,4-10,12,15-16,18-19,21,26H2,1-3H3,(H,46,52)(H,47,51,53);3*1H2/t34-,35?;34-,35-;;;/m00.../s1. The summed E-state index contributed by atoms with van der Waals surface area (Å²) in [7, 11) is 9.92. The number of hydrogen-bond acceptors (Lipinski definition) is 20. The lowest BCUT2D eigenvalue weighted by Crippen LogP contribution is -2.55. The van der Waals surface area contributed by atoms with Crippen LogP contribution in [0.3, 0.4) is 0 Å². The fraction of sp³-hybridized carbons (Fsp3) is 0.432. The minimum atomic E-state index is -0.967. The summed E-state index contributed by atoms with van der Waals surface area (Å²) in [5.41, 5.74) is 7.90. The molecule has 31 heteroatoms. The molecule has 632 valence electrons.